The van der Waals surface area contributed by atoms with Gasteiger partial charge in [-0.1, -0.05) is 0 Å². The lowest BCUT2D eigenvalue weighted by atomic mass is 9.89. The summed E-state index contributed by atoms with van der Waals surface area (Å²) in [5.74, 6) is -1.21. The molecule has 0 saturated carbocycles. The highest BCUT2D eigenvalue weighted by molar-refractivity contribution is 6.10. The van der Waals surface area contributed by atoms with Crippen molar-refractivity contribution in [3.05, 3.63) is 85.0 Å². The molecule has 2 heterocycles. The number of rotatable bonds is 2. The number of aromatic hydroxyl groups is 1. The predicted molar refractivity (Wildman–Crippen MR) is 112 cm³/mol. The number of carbonyl (C=O) groups is 1. The average Bonchev–Trinajstić information content (AvgIpc) is 2.73. The summed E-state index contributed by atoms with van der Waals surface area (Å²) in [5.41, 5.74) is -0.575. The van der Waals surface area contributed by atoms with E-state index >= 15 is 0 Å². The Bertz CT molecular complexity index is 1690. The number of H-pyrrole nitrogens is 2. The number of fused-ring (bicyclic) bond motifs is 3. The van der Waals surface area contributed by atoms with Crippen LogP contribution >= 0.6 is 0 Å². The fourth-order valence-corrected chi connectivity index (χ4v) is 3.76. The number of benzene rings is 3. The van der Waals surface area contributed by atoms with Crippen LogP contribution in [0.15, 0.2) is 67.3 Å². The fraction of sp³-hybridized carbons (Fsp3) is 0. The SMILES string of the molecule is O=C(O)c1cc2c(=O)[nH][nH]c(=O)c2cc1-c1c2ccc(=O)cc-2oc2cc(O)ccc12. The number of carboxylic acids is 1. The fourth-order valence-electron chi connectivity index (χ4n) is 3.76. The Kier molecular flexibility index (Phi) is 3.81. The molecule has 2 aromatic carbocycles. The van der Waals surface area contributed by atoms with Gasteiger partial charge in [-0.3, -0.25) is 24.6 Å². The first kappa shape index (κ1) is 18.4. The third-order valence-corrected chi connectivity index (χ3v) is 5.11. The predicted octanol–water partition coefficient (Wildman–Crippen LogP) is 2.50. The van der Waals surface area contributed by atoms with Gasteiger partial charge in [0.2, 0.25) is 0 Å². The van der Waals surface area contributed by atoms with Gasteiger partial charge in [-0.05, 0) is 42.0 Å². The Morgan fingerprint density at radius 3 is 2.23 bits per heavy atom. The van der Waals surface area contributed by atoms with E-state index in [2.05, 4.69) is 10.2 Å². The van der Waals surface area contributed by atoms with E-state index in [0.29, 0.717) is 16.5 Å². The number of nitrogens with one attached hydrogen (secondary N) is 2. The number of aromatic carboxylic acids is 1. The quantitative estimate of drug-likeness (QED) is 0.322. The molecule has 0 radical (unpaired) electrons. The lowest BCUT2D eigenvalue weighted by Crippen LogP contribution is -2.19. The average molecular weight is 416 g/mol. The number of phenolic OH excluding ortho intramolecular Hbond substituents is 1. The standard InChI is InChI=1S/C22H12N2O7/c25-9-1-3-11-17(5-9)31-18-6-10(26)2-4-12(18)19(11)13-7-14-15(8-16(13)22(29)30)21(28)24-23-20(14)27/h1-8,25H,(H,23,27)(H,24,28)(H,29,30). The van der Waals surface area contributed by atoms with Crippen LogP contribution in [0.4, 0.5) is 0 Å². The molecule has 9 nitrogen and oxygen atoms in total. The van der Waals surface area contributed by atoms with E-state index in [0.717, 1.165) is 6.07 Å². The molecule has 0 fully saturated rings. The van der Waals surface area contributed by atoms with Crippen LogP contribution in [-0.4, -0.2) is 26.4 Å². The molecule has 0 bridgehead atoms. The van der Waals surface area contributed by atoms with Crippen LogP contribution in [0.3, 0.4) is 0 Å². The zero-order valence-electron chi connectivity index (χ0n) is 15.6. The Morgan fingerprint density at radius 2 is 1.52 bits per heavy atom. The van der Waals surface area contributed by atoms with E-state index in [1.54, 1.807) is 6.07 Å². The first-order valence-corrected chi connectivity index (χ1v) is 9.05. The zero-order chi connectivity index (χ0) is 21.9. The molecule has 0 spiro atoms. The van der Waals surface area contributed by atoms with Gasteiger partial charge in [-0.2, -0.15) is 0 Å². The first-order valence-electron chi connectivity index (χ1n) is 9.05. The summed E-state index contributed by atoms with van der Waals surface area (Å²) in [6, 6.07) is 10.8. The molecule has 1 aromatic heterocycles. The van der Waals surface area contributed by atoms with Gasteiger partial charge in [-0.15, -0.1) is 0 Å². The molecular weight excluding hydrogens is 404 g/mol. The second-order valence-electron chi connectivity index (χ2n) is 6.97. The molecule has 4 N–H and O–H groups in total. The second-order valence-corrected chi connectivity index (χ2v) is 6.97. The van der Waals surface area contributed by atoms with E-state index in [-0.39, 0.29) is 44.4 Å². The van der Waals surface area contributed by atoms with E-state index in [9.17, 15) is 29.4 Å². The van der Waals surface area contributed by atoms with Gasteiger partial charge in [0.25, 0.3) is 11.1 Å². The van der Waals surface area contributed by atoms with Crippen molar-refractivity contribution < 1.29 is 19.4 Å². The molecule has 0 atom stereocenters. The molecule has 2 aliphatic rings. The first-order chi connectivity index (χ1) is 14.8. The van der Waals surface area contributed by atoms with Crippen molar-refractivity contribution in [3.8, 4) is 28.2 Å². The topological polar surface area (TPSA) is 153 Å². The number of aromatic nitrogens is 2. The van der Waals surface area contributed by atoms with E-state index in [4.69, 9.17) is 4.42 Å². The van der Waals surface area contributed by atoms with E-state index in [1.807, 2.05) is 0 Å². The Labute approximate surface area is 171 Å². The molecular formula is C22H12N2O7. The molecule has 1 aliphatic heterocycles. The van der Waals surface area contributed by atoms with Crippen molar-refractivity contribution in [1.82, 2.24) is 10.2 Å². The van der Waals surface area contributed by atoms with Crippen LogP contribution in [0.2, 0.25) is 0 Å². The molecule has 0 unspecified atom stereocenters. The van der Waals surface area contributed by atoms with Crippen molar-refractivity contribution in [1.29, 1.82) is 0 Å². The number of aromatic amines is 2. The number of carboxylic acid groups (broad SMARTS) is 1. The van der Waals surface area contributed by atoms with Crippen molar-refractivity contribution in [2.45, 2.75) is 0 Å². The number of hydrogen-bond donors (Lipinski definition) is 4. The molecule has 0 amide bonds. The largest absolute Gasteiger partial charge is 0.508 e. The summed E-state index contributed by atoms with van der Waals surface area (Å²) in [5, 5.41) is 24.5. The van der Waals surface area contributed by atoms with Gasteiger partial charge in [-0.25, -0.2) is 4.79 Å². The van der Waals surface area contributed by atoms with Crippen molar-refractivity contribution in [3.63, 3.8) is 0 Å². The second kappa shape index (κ2) is 6.42. The van der Waals surface area contributed by atoms with Crippen LogP contribution in [-0.2, 0) is 0 Å². The normalized spacial score (nSPS) is 11.4. The Hall–Kier alpha value is -4.66. The van der Waals surface area contributed by atoms with Crippen molar-refractivity contribution >= 4 is 27.7 Å². The third kappa shape index (κ3) is 2.79. The smallest absolute Gasteiger partial charge is 0.336 e. The summed E-state index contributed by atoms with van der Waals surface area (Å²) in [6.45, 7) is 0. The van der Waals surface area contributed by atoms with Crippen LogP contribution in [0.1, 0.15) is 10.4 Å². The minimum Gasteiger partial charge on any atom is -0.508 e. The van der Waals surface area contributed by atoms with E-state index < -0.39 is 17.1 Å². The summed E-state index contributed by atoms with van der Waals surface area (Å²) in [4.78, 5) is 48.5. The number of phenols is 1. The highest BCUT2D eigenvalue weighted by atomic mass is 16.4. The van der Waals surface area contributed by atoms with Gasteiger partial charge in [0.05, 0.1) is 16.3 Å². The van der Waals surface area contributed by atoms with Crippen LogP contribution < -0.4 is 16.5 Å². The summed E-state index contributed by atoms with van der Waals surface area (Å²) in [6.07, 6.45) is 0. The summed E-state index contributed by atoms with van der Waals surface area (Å²) in [7, 11) is 0. The monoisotopic (exact) mass is 416 g/mol. The lowest BCUT2D eigenvalue weighted by molar-refractivity contribution is 0.0698. The van der Waals surface area contributed by atoms with Crippen molar-refractivity contribution in [2.24, 2.45) is 0 Å². The Balaban J connectivity index is 2.04. The summed E-state index contributed by atoms with van der Waals surface area (Å²) < 4.78 is 5.77. The van der Waals surface area contributed by atoms with Gasteiger partial charge in [0, 0.05) is 28.6 Å². The zero-order valence-corrected chi connectivity index (χ0v) is 15.6. The lowest BCUT2D eigenvalue weighted by Gasteiger charge is -2.17. The maximum Gasteiger partial charge on any atom is 0.336 e. The molecule has 152 valence electrons. The molecule has 5 rings (SSSR count). The molecule has 9 heteroatoms. The summed E-state index contributed by atoms with van der Waals surface area (Å²) >= 11 is 0. The van der Waals surface area contributed by atoms with E-state index in [1.165, 1.54) is 36.4 Å². The van der Waals surface area contributed by atoms with Gasteiger partial charge in [0.15, 0.2) is 5.43 Å². The molecule has 31 heavy (non-hydrogen) atoms. The number of hydrogen-bond acceptors (Lipinski definition) is 6. The van der Waals surface area contributed by atoms with Gasteiger partial charge in [0.1, 0.15) is 17.1 Å². The highest BCUT2D eigenvalue weighted by Gasteiger charge is 2.23. The maximum absolute atomic E-state index is 12.3. The molecule has 0 saturated heterocycles. The maximum atomic E-state index is 12.3. The third-order valence-electron chi connectivity index (χ3n) is 5.11. The molecule has 3 aromatic rings. The molecule has 1 aliphatic carbocycles. The minimum absolute atomic E-state index is 0.00469. The van der Waals surface area contributed by atoms with Crippen molar-refractivity contribution in [2.75, 3.05) is 0 Å². The van der Waals surface area contributed by atoms with Crippen LogP contribution in [0.25, 0.3) is 44.2 Å². The van der Waals surface area contributed by atoms with Gasteiger partial charge < -0.3 is 14.6 Å². The minimum atomic E-state index is -1.31. The van der Waals surface area contributed by atoms with Crippen LogP contribution in [0.5, 0.6) is 5.75 Å². The Morgan fingerprint density at radius 1 is 0.806 bits per heavy atom. The van der Waals surface area contributed by atoms with Crippen LogP contribution in [0, 0.1) is 0 Å². The highest BCUT2D eigenvalue weighted by Crippen LogP contribution is 2.42. The van der Waals surface area contributed by atoms with Gasteiger partial charge >= 0.3 is 5.97 Å².